The first-order valence-corrected chi connectivity index (χ1v) is 6.59. The highest BCUT2D eigenvalue weighted by molar-refractivity contribution is 6.65. The van der Waals surface area contributed by atoms with Crippen molar-refractivity contribution in [1.29, 1.82) is 0 Å². The van der Waals surface area contributed by atoms with Crippen LogP contribution in [-0.2, 0) is 4.79 Å². The maximum atomic E-state index is 12.1. The summed E-state index contributed by atoms with van der Waals surface area (Å²) < 4.78 is 0. The van der Waals surface area contributed by atoms with Crippen molar-refractivity contribution in [3.8, 4) is 0 Å². The molecule has 0 radical (unpaired) electrons. The summed E-state index contributed by atoms with van der Waals surface area (Å²) >= 11 is 0. The van der Waals surface area contributed by atoms with Gasteiger partial charge in [-0.1, -0.05) is 24.3 Å². The predicted octanol–water partition coefficient (Wildman–Crippen LogP) is 2.84. The third-order valence-corrected chi connectivity index (χ3v) is 4.21. The maximum absolute atomic E-state index is 12.1. The fraction of sp³-hybridized carbons (Fsp3) is 0.769. The summed E-state index contributed by atoms with van der Waals surface area (Å²) in [5.74, 6) is 0.717. The number of fused-ring (bicyclic) bond motifs is 1. The third kappa shape index (κ3) is 2.50. The third-order valence-electron chi connectivity index (χ3n) is 4.21. The Balaban J connectivity index is 2.07. The maximum Gasteiger partial charge on any atom is 0.218 e. The molecule has 3 heteroatoms. The van der Waals surface area contributed by atoms with Gasteiger partial charge in [0.05, 0.1) is 0 Å². The van der Waals surface area contributed by atoms with Crippen LogP contribution in [0.15, 0.2) is 11.6 Å². The van der Waals surface area contributed by atoms with Crippen LogP contribution in [0, 0.1) is 0 Å². The molecule has 2 nitrogen and oxygen atoms in total. The Bertz CT molecular complexity index is 300. The first-order chi connectivity index (χ1) is 7.68. The Morgan fingerprint density at radius 3 is 3.06 bits per heavy atom. The lowest BCUT2D eigenvalue weighted by Gasteiger charge is -2.34. The second kappa shape index (κ2) is 5.07. The Morgan fingerprint density at radius 2 is 2.25 bits per heavy atom. The molecule has 1 unspecified atom stereocenters. The van der Waals surface area contributed by atoms with Crippen molar-refractivity contribution in [2.75, 3.05) is 13.6 Å². The number of amides is 1. The molecular formula is C13H22BNO. The molecule has 0 aromatic heterocycles. The van der Waals surface area contributed by atoms with Crippen molar-refractivity contribution in [1.82, 2.24) is 4.90 Å². The van der Waals surface area contributed by atoms with Crippen molar-refractivity contribution < 1.29 is 4.79 Å². The van der Waals surface area contributed by atoms with Gasteiger partial charge in [0.1, 0.15) is 0 Å². The van der Waals surface area contributed by atoms with Crippen molar-refractivity contribution in [3.63, 3.8) is 0 Å². The van der Waals surface area contributed by atoms with E-state index in [1.165, 1.54) is 37.5 Å². The van der Waals surface area contributed by atoms with Gasteiger partial charge in [-0.25, -0.2) is 0 Å². The molecule has 2 rings (SSSR count). The molecule has 16 heavy (non-hydrogen) atoms. The van der Waals surface area contributed by atoms with E-state index in [0.29, 0.717) is 18.4 Å². The summed E-state index contributed by atoms with van der Waals surface area (Å²) in [5, 5.41) is 0. The normalized spacial score (nSPS) is 31.0. The zero-order valence-corrected chi connectivity index (χ0v) is 10.5. The molecule has 0 aliphatic carbocycles. The van der Waals surface area contributed by atoms with E-state index >= 15 is 0 Å². The number of rotatable bonds is 0. The lowest BCUT2D eigenvalue weighted by molar-refractivity contribution is -0.130. The number of carbonyl (C=O) groups excluding carboxylic acids is 1. The SMILES string of the molecule is C/C1=C/CCB2CCN(C)C(=O)C2CCC1. The lowest BCUT2D eigenvalue weighted by atomic mass is 9.34. The standard InChI is InChI=1S/C13H22BNO/c1-11-5-3-7-12-13(16)15(2)10-9-14(12)8-4-6-11/h6,12H,3-5,7-10H2,1-2H3/b11-6-. The van der Waals surface area contributed by atoms with E-state index in [2.05, 4.69) is 13.0 Å². The molecule has 0 aromatic rings. The van der Waals surface area contributed by atoms with Crippen LogP contribution in [0.25, 0.3) is 0 Å². The van der Waals surface area contributed by atoms with Crippen molar-refractivity contribution in [3.05, 3.63) is 11.6 Å². The molecule has 0 N–H and O–H groups in total. The highest BCUT2D eigenvalue weighted by atomic mass is 16.2. The summed E-state index contributed by atoms with van der Waals surface area (Å²) in [6.45, 7) is 3.83. The topological polar surface area (TPSA) is 20.3 Å². The van der Waals surface area contributed by atoms with E-state index in [9.17, 15) is 4.79 Å². The van der Waals surface area contributed by atoms with Crippen LogP contribution in [-0.4, -0.2) is 31.1 Å². The second-order valence-electron chi connectivity index (χ2n) is 5.44. The van der Waals surface area contributed by atoms with Crippen LogP contribution in [0.2, 0.25) is 18.5 Å². The highest BCUT2D eigenvalue weighted by Crippen LogP contribution is 2.32. The number of carbonyl (C=O) groups is 1. The lowest BCUT2D eigenvalue weighted by Crippen LogP contribution is -2.44. The number of nitrogens with zero attached hydrogens (tertiary/aromatic N) is 1. The fourth-order valence-corrected chi connectivity index (χ4v) is 3.11. The molecule has 0 aromatic carbocycles. The van der Waals surface area contributed by atoms with Gasteiger partial charge in [0.2, 0.25) is 5.91 Å². The van der Waals surface area contributed by atoms with E-state index in [-0.39, 0.29) is 0 Å². The van der Waals surface area contributed by atoms with Gasteiger partial charge in [0.25, 0.3) is 0 Å². The Hall–Kier alpha value is -0.725. The molecule has 88 valence electrons. The molecule has 0 saturated carbocycles. The molecule has 2 aliphatic rings. The van der Waals surface area contributed by atoms with E-state index in [4.69, 9.17) is 0 Å². The first-order valence-electron chi connectivity index (χ1n) is 6.59. The van der Waals surface area contributed by atoms with Crippen LogP contribution < -0.4 is 0 Å². The molecule has 1 atom stereocenters. The number of hydrogen-bond acceptors (Lipinski definition) is 1. The highest BCUT2D eigenvalue weighted by Gasteiger charge is 2.36. The second-order valence-corrected chi connectivity index (χ2v) is 5.44. The van der Waals surface area contributed by atoms with Gasteiger partial charge >= 0.3 is 0 Å². The minimum absolute atomic E-state index is 0.318. The van der Waals surface area contributed by atoms with Crippen LogP contribution >= 0.6 is 0 Å². The molecule has 2 aliphatic heterocycles. The zero-order valence-electron chi connectivity index (χ0n) is 10.5. The average molecular weight is 219 g/mol. The van der Waals surface area contributed by atoms with Crippen molar-refractivity contribution in [2.24, 2.45) is 0 Å². The van der Waals surface area contributed by atoms with Gasteiger partial charge in [0, 0.05) is 19.4 Å². The van der Waals surface area contributed by atoms with E-state index in [1.54, 1.807) is 0 Å². The Kier molecular flexibility index (Phi) is 3.72. The van der Waals surface area contributed by atoms with Crippen LogP contribution in [0.1, 0.15) is 32.6 Å². The molecule has 1 fully saturated rings. The van der Waals surface area contributed by atoms with Gasteiger partial charge in [0.15, 0.2) is 6.71 Å². The minimum Gasteiger partial charge on any atom is -0.347 e. The van der Waals surface area contributed by atoms with Crippen molar-refractivity contribution >= 4 is 12.6 Å². The van der Waals surface area contributed by atoms with Gasteiger partial charge in [-0.15, -0.1) is 0 Å². The summed E-state index contributed by atoms with van der Waals surface area (Å²) in [6.07, 6.45) is 9.43. The molecule has 0 spiro atoms. The molecule has 0 bridgehead atoms. The summed E-state index contributed by atoms with van der Waals surface area (Å²) in [4.78, 5) is 14.1. The first kappa shape index (κ1) is 11.8. The monoisotopic (exact) mass is 219 g/mol. The van der Waals surface area contributed by atoms with Gasteiger partial charge in [-0.2, -0.15) is 0 Å². The number of allylic oxidation sites excluding steroid dienone is 2. The predicted molar refractivity (Wildman–Crippen MR) is 69.0 cm³/mol. The van der Waals surface area contributed by atoms with Gasteiger partial charge in [-0.05, 0) is 32.6 Å². The minimum atomic E-state index is 0.318. The Labute approximate surface area is 99.2 Å². The van der Waals surface area contributed by atoms with E-state index < -0.39 is 0 Å². The number of hydrogen-bond donors (Lipinski definition) is 0. The zero-order chi connectivity index (χ0) is 11.5. The van der Waals surface area contributed by atoms with E-state index in [0.717, 1.165) is 13.0 Å². The molecule has 1 saturated heterocycles. The van der Waals surface area contributed by atoms with Gasteiger partial charge in [-0.3, -0.25) is 4.79 Å². The van der Waals surface area contributed by atoms with Crippen LogP contribution in [0.5, 0.6) is 0 Å². The summed E-state index contributed by atoms with van der Waals surface area (Å²) in [6, 6.07) is 0. The van der Waals surface area contributed by atoms with Crippen LogP contribution in [0.3, 0.4) is 0 Å². The average Bonchev–Trinajstić information content (AvgIpc) is 2.34. The molecular weight excluding hydrogens is 197 g/mol. The summed E-state index contributed by atoms with van der Waals surface area (Å²) in [5.41, 5.74) is 1.51. The molecule has 2 heterocycles. The fourth-order valence-electron chi connectivity index (χ4n) is 3.11. The molecule has 1 amide bonds. The Morgan fingerprint density at radius 1 is 1.44 bits per heavy atom. The van der Waals surface area contributed by atoms with Gasteiger partial charge < -0.3 is 4.90 Å². The smallest absolute Gasteiger partial charge is 0.218 e. The van der Waals surface area contributed by atoms with Crippen LogP contribution in [0.4, 0.5) is 0 Å². The summed E-state index contributed by atoms with van der Waals surface area (Å²) in [7, 11) is 1.95. The van der Waals surface area contributed by atoms with E-state index in [1.807, 2.05) is 11.9 Å². The van der Waals surface area contributed by atoms with Crippen molar-refractivity contribution in [2.45, 2.75) is 51.1 Å². The largest absolute Gasteiger partial charge is 0.347 e. The quantitative estimate of drug-likeness (QED) is 0.453.